The molecule has 0 aliphatic carbocycles. The van der Waals surface area contributed by atoms with Crippen LogP contribution >= 0.6 is 0 Å². The highest BCUT2D eigenvalue weighted by atomic mass is 16.5. The molecule has 0 radical (unpaired) electrons. The van der Waals surface area contributed by atoms with Gasteiger partial charge in [-0.1, -0.05) is 49.3 Å². The highest BCUT2D eigenvalue weighted by Crippen LogP contribution is 2.15. The molecule has 22 heavy (non-hydrogen) atoms. The average Bonchev–Trinajstić information content (AvgIpc) is 2.80. The summed E-state index contributed by atoms with van der Waals surface area (Å²) in [6.07, 6.45) is -0.664. The van der Waals surface area contributed by atoms with Crippen molar-refractivity contribution in [2.24, 2.45) is 5.92 Å². The monoisotopic (exact) mass is 305 g/mol. The zero-order valence-corrected chi connectivity index (χ0v) is 13.3. The van der Waals surface area contributed by atoms with E-state index in [4.69, 9.17) is 4.52 Å². The van der Waals surface area contributed by atoms with Crippen LogP contribution in [0.15, 0.2) is 39.6 Å². The summed E-state index contributed by atoms with van der Waals surface area (Å²) >= 11 is 0. The second kappa shape index (κ2) is 7.38. The molecule has 0 amide bonds. The molecule has 1 N–H and O–H groups in total. The number of benzene rings is 1. The van der Waals surface area contributed by atoms with Crippen LogP contribution in [0.1, 0.15) is 13.8 Å². The third-order valence-electron chi connectivity index (χ3n) is 3.31. The van der Waals surface area contributed by atoms with Gasteiger partial charge in [-0.15, -0.1) is 0 Å². The summed E-state index contributed by atoms with van der Waals surface area (Å²) in [4.78, 5) is 13.9. The predicted molar refractivity (Wildman–Crippen MR) is 84.5 cm³/mol. The Labute approximate surface area is 130 Å². The van der Waals surface area contributed by atoms with E-state index in [0.29, 0.717) is 18.3 Å². The molecule has 1 unspecified atom stereocenters. The third kappa shape index (κ3) is 4.29. The van der Waals surface area contributed by atoms with E-state index in [2.05, 4.69) is 23.9 Å². The number of hydrogen-bond donors (Lipinski definition) is 1. The minimum absolute atomic E-state index is 0.162. The largest absolute Gasteiger partial charge is 0.441 e. The van der Waals surface area contributed by atoms with Crippen LogP contribution in [0.25, 0.3) is 11.4 Å². The lowest BCUT2D eigenvalue weighted by Crippen LogP contribution is -2.36. The Hall–Kier alpha value is -1.92. The van der Waals surface area contributed by atoms with Gasteiger partial charge in [0.2, 0.25) is 0 Å². The molecule has 2 rings (SSSR count). The molecule has 0 aliphatic heterocycles. The summed E-state index contributed by atoms with van der Waals surface area (Å²) in [7, 11) is 1.96. The summed E-state index contributed by atoms with van der Waals surface area (Å²) in [5, 5.41) is 14.0. The van der Waals surface area contributed by atoms with Crippen LogP contribution < -0.4 is 5.76 Å². The number of aliphatic hydroxyl groups excluding tert-OH is 1. The van der Waals surface area contributed by atoms with Crippen molar-refractivity contribution in [1.29, 1.82) is 0 Å². The van der Waals surface area contributed by atoms with Crippen molar-refractivity contribution in [2.75, 3.05) is 20.1 Å². The summed E-state index contributed by atoms with van der Waals surface area (Å²) in [6, 6.07) is 9.33. The molecular formula is C16H23N3O3. The third-order valence-corrected chi connectivity index (χ3v) is 3.31. The molecule has 1 aromatic heterocycles. The number of rotatable bonds is 7. The summed E-state index contributed by atoms with van der Waals surface area (Å²) in [5.41, 5.74) is 0.788. The Kier molecular flexibility index (Phi) is 5.51. The van der Waals surface area contributed by atoms with E-state index in [0.717, 1.165) is 12.1 Å². The highest BCUT2D eigenvalue weighted by molar-refractivity contribution is 5.54. The van der Waals surface area contributed by atoms with Crippen molar-refractivity contribution in [3.05, 3.63) is 40.9 Å². The molecule has 6 heteroatoms. The Morgan fingerprint density at radius 2 is 1.95 bits per heavy atom. The van der Waals surface area contributed by atoms with Gasteiger partial charge in [0, 0.05) is 18.7 Å². The van der Waals surface area contributed by atoms with Gasteiger partial charge in [0.05, 0.1) is 12.6 Å². The van der Waals surface area contributed by atoms with Gasteiger partial charge in [-0.2, -0.15) is 0 Å². The maximum Gasteiger partial charge on any atom is 0.441 e. The zero-order valence-electron chi connectivity index (χ0n) is 13.3. The molecule has 6 nitrogen and oxygen atoms in total. The van der Waals surface area contributed by atoms with Gasteiger partial charge < -0.3 is 10.0 Å². The Morgan fingerprint density at radius 3 is 2.59 bits per heavy atom. The molecule has 120 valence electrons. The predicted octanol–water partition coefficient (Wildman–Crippen LogP) is 1.45. The molecule has 2 aromatic rings. The first kappa shape index (κ1) is 16.5. The van der Waals surface area contributed by atoms with E-state index >= 15 is 0 Å². The van der Waals surface area contributed by atoms with Gasteiger partial charge in [0.1, 0.15) is 0 Å². The maximum absolute atomic E-state index is 11.8. The number of likely N-dealkylation sites (N-methyl/N-ethyl adjacent to an activating group) is 1. The molecule has 0 saturated heterocycles. The number of aliphatic hydroxyl groups is 1. The van der Waals surface area contributed by atoms with E-state index in [-0.39, 0.29) is 6.54 Å². The minimum atomic E-state index is -0.664. The lowest BCUT2D eigenvalue weighted by Gasteiger charge is -2.22. The van der Waals surface area contributed by atoms with Crippen LogP contribution in [0.3, 0.4) is 0 Å². The Bertz CT molecular complexity index is 634. The van der Waals surface area contributed by atoms with Crippen LogP contribution in [0.4, 0.5) is 0 Å². The van der Waals surface area contributed by atoms with E-state index in [1.165, 1.54) is 4.57 Å². The lowest BCUT2D eigenvalue weighted by atomic mass is 10.2. The standard InChI is InChI=1S/C16H23N3O3/c1-12(2)9-18(3)10-14(20)11-19-15(17-22-16(19)21)13-7-5-4-6-8-13/h4-8,12,14,20H,9-11H2,1-3H3. The Balaban J connectivity index is 2.10. The topological polar surface area (TPSA) is 71.5 Å². The van der Waals surface area contributed by atoms with Crippen LogP contribution in [-0.2, 0) is 6.54 Å². The fourth-order valence-electron chi connectivity index (χ4n) is 2.55. The van der Waals surface area contributed by atoms with Crippen molar-refractivity contribution in [2.45, 2.75) is 26.5 Å². The van der Waals surface area contributed by atoms with Gasteiger partial charge in [0.15, 0.2) is 5.82 Å². The van der Waals surface area contributed by atoms with Crippen molar-refractivity contribution in [1.82, 2.24) is 14.6 Å². The molecule has 0 saturated carbocycles. The zero-order chi connectivity index (χ0) is 16.1. The molecule has 0 bridgehead atoms. The van der Waals surface area contributed by atoms with Crippen molar-refractivity contribution in [3.8, 4) is 11.4 Å². The van der Waals surface area contributed by atoms with Crippen molar-refractivity contribution in [3.63, 3.8) is 0 Å². The summed E-state index contributed by atoms with van der Waals surface area (Å²) < 4.78 is 6.13. The molecule has 0 aliphatic rings. The molecule has 0 fully saturated rings. The Morgan fingerprint density at radius 1 is 1.27 bits per heavy atom. The quantitative estimate of drug-likeness (QED) is 0.838. The number of nitrogens with zero attached hydrogens (tertiary/aromatic N) is 3. The minimum Gasteiger partial charge on any atom is -0.390 e. The number of hydrogen-bond acceptors (Lipinski definition) is 5. The normalized spacial score (nSPS) is 13.0. The van der Waals surface area contributed by atoms with E-state index in [9.17, 15) is 9.90 Å². The van der Waals surface area contributed by atoms with Crippen molar-refractivity contribution >= 4 is 0 Å². The van der Waals surface area contributed by atoms with Gasteiger partial charge in [-0.25, -0.2) is 4.79 Å². The second-order valence-electron chi connectivity index (χ2n) is 6.02. The van der Waals surface area contributed by atoms with Gasteiger partial charge >= 0.3 is 5.76 Å². The van der Waals surface area contributed by atoms with E-state index in [1.807, 2.05) is 37.4 Å². The van der Waals surface area contributed by atoms with E-state index < -0.39 is 11.9 Å². The van der Waals surface area contributed by atoms with Crippen LogP contribution in [-0.4, -0.2) is 46.0 Å². The first-order chi connectivity index (χ1) is 10.5. The van der Waals surface area contributed by atoms with Gasteiger partial charge in [0.25, 0.3) is 0 Å². The first-order valence-corrected chi connectivity index (χ1v) is 7.46. The first-order valence-electron chi connectivity index (χ1n) is 7.46. The highest BCUT2D eigenvalue weighted by Gasteiger charge is 2.17. The van der Waals surface area contributed by atoms with Crippen molar-refractivity contribution < 1.29 is 9.63 Å². The SMILES string of the molecule is CC(C)CN(C)CC(O)Cn1c(-c2ccccc2)noc1=O. The fourth-order valence-corrected chi connectivity index (χ4v) is 2.55. The molecule has 1 atom stereocenters. The molecule has 1 aromatic carbocycles. The van der Waals surface area contributed by atoms with Crippen LogP contribution in [0, 0.1) is 5.92 Å². The van der Waals surface area contributed by atoms with Gasteiger partial charge in [-0.05, 0) is 13.0 Å². The maximum atomic E-state index is 11.8. The fraction of sp³-hybridized carbons (Fsp3) is 0.500. The summed E-state index contributed by atoms with van der Waals surface area (Å²) in [5.74, 6) is 0.413. The van der Waals surface area contributed by atoms with E-state index in [1.54, 1.807) is 0 Å². The van der Waals surface area contributed by atoms with Gasteiger partial charge in [-0.3, -0.25) is 9.09 Å². The molecule has 0 spiro atoms. The second-order valence-corrected chi connectivity index (χ2v) is 6.02. The average molecular weight is 305 g/mol. The smallest absolute Gasteiger partial charge is 0.390 e. The molecule has 1 heterocycles. The van der Waals surface area contributed by atoms with Crippen LogP contribution in [0.2, 0.25) is 0 Å². The lowest BCUT2D eigenvalue weighted by molar-refractivity contribution is 0.103. The number of aromatic nitrogens is 2. The summed E-state index contributed by atoms with van der Waals surface area (Å²) in [6.45, 7) is 5.79. The van der Waals surface area contributed by atoms with Crippen LogP contribution in [0.5, 0.6) is 0 Å². The molecular weight excluding hydrogens is 282 g/mol.